The average Bonchev–Trinajstić information content (AvgIpc) is 2.70. The number of nitrogens with zero attached hydrogens (tertiary/aromatic N) is 3. The lowest BCUT2D eigenvalue weighted by Crippen LogP contribution is -2.48. The number of rotatable bonds is 5. The molecule has 0 unspecified atom stereocenters. The zero-order valence-corrected chi connectivity index (χ0v) is 16.4. The van der Waals surface area contributed by atoms with Gasteiger partial charge in [-0.2, -0.15) is 0 Å². The monoisotopic (exact) mass is 370 g/mol. The fraction of sp³-hybridized carbons (Fsp3) is 0.619. The van der Waals surface area contributed by atoms with E-state index in [0.717, 1.165) is 80.3 Å². The number of hydrogen-bond acceptors (Lipinski definition) is 6. The number of aromatic nitrogens is 2. The number of anilines is 1. The summed E-state index contributed by atoms with van der Waals surface area (Å²) >= 11 is 0. The van der Waals surface area contributed by atoms with Crippen LogP contribution in [-0.2, 0) is 4.74 Å². The zero-order chi connectivity index (χ0) is 18.6. The third-order valence-corrected chi connectivity index (χ3v) is 5.63. The highest BCUT2D eigenvalue weighted by Crippen LogP contribution is 2.25. The summed E-state index contributed by atoms with van der Waals surface area (Å²) in [6, 6.07) is 7.29. The van der Waals surface area contributed by atoms with Crippen LogP contribution in [0.3, 0.4) is 0 Å². The molecule has 1 N–H and O–H groups in total. The average molecular weight is 370 g/mol. The topological polar surface area (TPSA) is 59.5 Å². The summed E-state index contributed by atoms with van der Waals surface area (Å²) in [5.74, 6) is 1.73. The van der Waals surface area contributed by atoms with Crippen LogP contribution >= 0.6 is 0 Å². The number of nitrogens with one attached hydrogen (secondary N) is 1. The molecule has 1 aromatic heterocycles. The van der Waals surface area contributed by atoms with Crippen LogP contribution in [-0.4, -0.2) is 55.0 Å². The standard InChI is InChI=1S/C21H30N4O2/c1-3-27-18-4-5-20-19(14-18)15(2)22-21(24-20)25-10-6-16(7-11-25)23-17-8-12-26-13-9-17/h4-5,14,16-17,23H,3,6-13H2,1-2H3. The van der Waals surface area contributed by atoms with Crippen LogP contribution < -0.4 is 15.0 Å². The normalized spacial score (nSPS) is 19.6. The summed E-state index contributed by atoms with van der Waals surface area (Å²) in [7, 11) is 0. The van der Waals surface area contributed by atoms with Gasteiger partial charge in [-0.25, -0.2) is 9.97 Å². The van der Waals surface area contributed by atoms with Crippen molar-refractivity contribution in [1.82, 2.24) is 15.3 Å². The van der Waals surface area contributed by atoms with E-state index in [9.17, 15) is 0 Å². The van der Waals surface area contributed by atoms with Gasteiger partial charge in [-0.05, 0) is 57.7 Å². The van der Waals surface area contributed by atoms with Gasteiger partial charge < -0.3 is 19.7 Å². The van der Waals surface area contributed by atoms with Gasteiger partial charge in [-0.15, -0.1) is 0 Å². The minimum absolute atomic E-state index is 0.597. The van der Waals surface area contributed by atoms with Gasteiger partial charge in [0.2, 0.25) is 5.95 Å². The van der Waals surface area contributed by atoms with E-state index in [1.807, 2.05) is 25.1 Å². The fourth-order valence-electron chi connectivity index (χ4n) is 4.09. The minimum Gasteiger partial charge on any atom is -0.494 e. The highest BCUT2D eigenvalue weighted by Gasteiger charge is 2.24. The molecule has 1 aromatic carbocycles. The van der Waals surface area contributed by atoms with Crippen molar-refractivity contribution in [2.45, 2.75) is 51.6 Å². The van der Waals surface area contributed by atoms with E-state index in [1.54, 1.807) is 0 Å². The summed E-state index contributed by atoms with van der Waals surface area (Å²) in [5.41, 5.74) is 2.00. The van der Waals surface area contributed by atoms with Crippen LogP contribution in [0.4, 0.5) is 5.95 Å². The Balaban J connectivity index is 1.41. The van der Waals surface area contributed by atoms with Crippen molar-refractivity contribution in [2.24, 2.45) is 0 Å². The third kappa shape index (κ3) is 4.33. The van der Waals surface area contributed by atoms with Crippen LogP contribution in [0.2, 0.25) is 0 Å². The van der Waals surface area contributed by atoms with Crippen LogP contribution in [0, 0.1) is 6.92 Å². The first kappa shape index (κ1) is 18.4. The molecule has 2 fully saturated rings. The summed E-state index contributed by atoms with van der Waals surface area (Å²) in [6.45, 7) is 8.52. The third-order valence-electron chi connectivity index (χ3n) is 5.63. The maximum Gasteiger partial charge on any atom is 0.226 e. The Morgan fingerprint density at radius 1 is 1.11 bits per heavy atom. The van der Waals surface area contributed by atoms with Crippen LogP contribution in [0.25, 0.3) is 10.9 Å². The number of benzene rings is 1. The Bertz CT molecular complexity index is 768. The Labute approximate surface area is 161 Å². The molecule has 0 amide bonds. The van der Waals surface area contributed by atoms with Crippen molar-refractivity contribution in [1.29, 1.82) is 0 Å². The molecular weight excluding hydrogens is 340 g/mol. The molecule has 2 aliphatic heterocycles. The molecule has 0 spiro atoms. The summed E-state index contributed by atoms with van der Waals surface area (Å²) < 4.78 is 11.1. The summed E-state index contributed by atoms with van der Waals surface area (Å²) in [4.78, 5) is 11.9. The Kier molecular flexibility index (Phi) is 5.74. The van der Waals surface area contributed by atoms with Crippen molar-refractivity contribution in [3.63, 3.8) is 0 Å². The van der Waals surface area contributed by atoms with Crippen molar-refractivity contribution < 1.29 is 9.47 Å². The first-order valence-corrected chi connectivity index (χ1v) is 10.2. The van der Waals surface area contributed by atoms with Gasteiger partial charge in [0.05, 0.1) is 17.8 Å². The molecule has 0 radical (unpaired) electrons. The molecule has 0 aliphatic carbocycles. The SMILES string of the molecule is CCOc1ccc2nc(N3CCC(NC4CCOCC4)CC3)nc(C)c2c1. The molecule has 2 saturated heterocycles. The molecule has 27 heavy (non-hydrogen) atoms. The predicted octanol–water partition coefficient (Wildman–Crippen LogP) is 3.07. The number of piperidine rings is 1. The van der Waals surface area contributed by atoms with Gasteiger partial charge in [0.25, 0.3) is 0 Å². The highest BCUT2D eigenvalue weighted by molar-refractivity contribution is 5.83. The molecule has 3 heterocycles. The molecular formula is C21H30N4O2. The van der Waals surface area contributed by atoms with Crippen molar-refractivity contribution in [3.8, 4) is 5.75 Å². The zero-order valence-electron chi connectivity index (χ0n) is 16.4. The lowest BCUT2D eigenvalue weighted by atomic mass is 10.0. The van der Waals surface area contributed by atoms with E-state index in [1.165, 1.54) is 0 Å². The van der Waals surface area contributed by atoms with Crippen LogP contribution in [0.15, 0.2) is 18.2 Å². The quantitative estimate of drug-likeness (QED) is 0.873. The molecule has 146 valence electrons. The first-order valence-electron chi connectivity index (χ1n) is 10.2. The van der Waals surface area contributed by atoms with E-state index in [-0.39, 0.29) is 0 Å². The second-order valence-corrected chi connectivity index (χ2v) is 7.54. The second kappa shape index (κ2) is 8.40. The van der Waals surface area contributed by atoms with E-state index in [2.05, 4.69) is 17.1 Å². The van der Waals surface area contributed by atoms with Crippen molar-refractivity contribution >= 4 is 16.9 Å². The lowest BCUT2D eigenvalue weighted by molar-refractivity contribution is 0.0738. The molecule has 0 atom stereocenters. The van der Waals surface area contributed by atoms with Crippen molar-refractivity contribution in [2.75, 3.05) is 37.8 Å². The minimum atomic E-state index is 0.597. The van der Waals surface area contributed by atoms with Gasteiger partial charge in [-0.1, -0.05) is 0 Å². The predicted molar refractivity (Wildman–Crippen MR) is 108 cm³/mol. The molecule has 0 bridgehead atoms. The Morgan fingerprint density at radius 3 is 2.59 bits per heavy atom. The van der Waals surface area contributed by atoms with Crippen LogP contribution in [0.1, 0.15) is 38.3 Å². The largest absolute Gasteiger partial charge is 0.494 e. The number of hydrogen-bond donors (Lipinski definition) is 1. The summed E-state index contributed by atoms with van der Waals surface area (Å²) in [6.07, 6.45) is 4.55. The van der Waals surface area contributed by atoms with Gasteiger partial charge in [0.15, 0.2) is 0 Å². The number of aryl methyl sites for hydroxylation is 1. The van der Waals surface area contributed by atoms with E-state index in [0.29, 0.717) is 18.7 Å². The maximum absolute atomic E-state index is 5.61. The lowest BCUT2D eigenvalue weighted by Gasteiger charge is -2.35. The number of fused-ring (bicyclic) bond motifs is 1. The fourth-order valence-corrected chi connectivity index (χ4v) is 4.09. The van der Waals surface area contributed by atoms with E-state index >= 15 is 0 Å². The molecule has 6 heteroatoms. The smallest absolute Gasteiger partial charge is 0.226 e. The Hall–Kier alpha value is -1.92. The summed E-state index contributed by atoms with van der Waals surface area (Å²) in [5, 5.41) is 4.90. The van der Waals surface area contributed by atoms with Crippen molar-refractivity contribution in [3.05, 3.63) is 23.9 Å². The van der Waals surface area contributed by atoms with Crippen LogP contribution in [0.5, 0.6) is 5.75 Å². The first-order chi connectivity index (χ1) is 13.2. The van der Waals surface area contributed by atoms with Gasteiger partial charge in [0.1, 0.15) is 5.75 Å². The maximum atomic E-state index is 5.61. The Morgan fingerprint density at radius 2 is 1.85 bits per heavy atom. The second-order valence-electron chi connectivity index (χ2n) is 7.54. The highest BCUT2D eigenvalue weighted by atomic mass is 16.5. The number of ether oxygens (including phenoxy) is 2. The van der Waals surface area contributed by atoms with E-state index in [4.69, 9.17) is 19.4 Å². The molecule has 4 rings (SSSR count). The van der Waals surface area contributed by atoms with Gasteiger partial charge >= 0.3 is 0 Å². The van der Waals surface area contributed by atoms with E-state index < -0.39 is 0 Å². The van der Waals surface area contributed by atoms with Gasteiger partial charge in [0, 0.05) is 43.8 Å². The molecule has 0 saturated carbocycles. The molecule has 2 aromatic rings. The molecule has 2 aliphatic rings. The van der Waals surface area contributed by atoms with Gasteiger partial charge in [-0.3, -0.25) is 0 Å². The molecule has 6 nitrogen and oxygen atoms in total.